The summed E-state index contributed by atoms with van der Waals surface area (Å²) in [6.45, 7) is 6.39. The molecular formula is C18H21N5OS. The number of H-pyrrole nitrogens is 2. The van der Waals surface area contributed by atoms with Crippen LogP contribution >= 0.6 is 11.3 Å². The Balaban J connectivity index is 1.56. The van der Waals surface area contributed by atoms with E-state index in [1.807, 2.05) is 26.1 Å². The molecule has 0 unspecified atom stereocenters. The van der Waals surface area contributed by atoms with Crippen molar-refractivity contribution >= 4 is 11.3 Å². The maximum absolute atomic E-state index is 12.5. The summed E-state index contributed by atoms with van der Waals surface area (Å²) in [7, 11) is 0. The number of nitrogens with one attached hydrogen (secondary N) is 2. The fraction of sp³-hybridized carbons (Fsp3) is 0.389. The molecule has 4 rings (SSSR count). The molecule has 3 aromatic rings. The van der Waals surface area contributed by atoms with Crippen molar-refractivity contribution in [3.05, 3.63) is 56.7 Å². The third-order valence-corrected chi connectivity index (χ3v) is 5.48. The maximum Gasteiger partial charge on any atom is 0.255 e. The van der Waals surface area contributed by atoms with Gasteiger partial charge in [-0.3, -0.25) is 14.8 Å². The summed E-state index contributed by atoms with van der Waals surface area (Å²) in [4.78, 5) is 23.5. The monoisotopic (exact) mass is 355 g/mol. The molecule has 0 spiro atoms. The van der Waals surface area contributed by atoms with E-state index in [4.69, 9.17) is 0 Å². The molecule has 1 aliphatic heterocycles. The van der Waals surface area contributed by atoms with Gasteiger partial charge in [0.15, 0.2) is 0 Å². The molecular weight excluding hydrogens is 334 g/mol. The Morgan fingerprint density at radius 3 is 3.04 bits per heavy atom. The van der Waals surface area contributed by atoms with Crippen molar-refractivity contribution in [2.24, 2.45) is 0 Å². The van der Waals surface area contributed by atoms with Crippen LogP contribution in [0.25, 0.3) is 10.6 Å². The number of thiophene rings is 1. The molecule has 4 heterocycles. The van der Waals surface area contributed by atoms with E-state index < -0.39 is 0 Å². The lowest BCUT2D eigenvalue weighted by molar-refractivity contribution is 0.241. The Morgan fingerprint density at radius 2 is 2.28 bits per heavy atom. The van der Waals surface area contributed by atoms with E-state index in [9.17, 15) is 4.79 Å². The minimum atomic E-state index is 0.00377. The van der Waals surface area contributed by atoms with Crippen molar-refractivity contribution in [1.82, 2.24) is 25.1 Å². The quantitative estimate of drug-likeness (QED) is 0.754. The summed E-state index contributed by atoms with van der Waals surface area (Å²) in [6, 6.07) is 4.13. The van der Waals surface area contributed by atoms with E-state index in [-0.39, 0.29) is 11.5 Å². The number of hydrogen-bond acceptors (Lipinski definition) is 5. The molecule has 25 heavy (non-hydrogen) atoms. The summed E-state index contributed by atoms with van der Waals surface area (Å²) >= 11 is 1.70. The van der Waals surface area contributed by atoms with Crippen molar-refractivity contribution in [3.8, 4) is 10.6 Å². The first-order valence-electron chi connectivity index (χ1n) is 8.52. The van der Waals surface area contributed by atoms with Crippen LogP contribution < -0.4 is 5.56 Å². The van der Waals surface area contributed by atoms with Gasteiger partial charge in [-0.25, -0.2) is 4.98 Å². The van der Waals surface area contributed by atoms with Gasteiger partial charge in [0.05, 0.1) is 28.0 Å². The fourth-order valence-corrected chi connectivity index (χ4v) is 3.97. The third kappa shape index (κ3) is 3.17. The van der Waals surface area contributed by atoms with Crippen molar-refractivity contribution in [2.75, 3.05) is 6.54 Å². The molecule has 3 aromatic heterocycles. The smallest absolute Gasteiger partial charge is 0.255 e. The minimum absolute atomic E-state index is 0.00377. The zero-order valence-electron chi connectivity index (χ0n) is 14.4. The molecule has 2 N–H and O–H groups in total. The first kappa shape index (κ1) is 16.2. The highest BCUT2D eigenvalue weighted by Gasteiger charge is 2.23. The van der Waals surface area contributed by atoms with Crippen LogP contribution in [-0.4, -0.2) is 31.6 Å². The van der Waals surface area contributed by atoms with Crippen LogP contribution in [0.1, 0.15) is 42.4 Å². The maximum atomic E-state index is 12.5. The van der Waals surface area contributed by atoms with Crippen molar-refractivity contribution < 1.29 is 0 Å². The molecule has 6 nitrogen and oxygen atoms in total. The molecule has 0 atom stereocenters. The van der Waals surface area contributed by atoms with Gasteiger partial charge < -0.3 is 4.98 Å². The Hall–Kier alpha value is -2.25. The SMILES string of the molecule is CC(C)c1nc2c(c(=O)[nH]1)CN(Cc1cn[nH]c1-c1cccs1)CC2. The lowest BCUT2D eigenvalue weighted by Gasteiger charge is -2.27. The van der Waals surface area contributed by atoms with E-state index in [1.54, 1.807) is 11.3 Å². The highest BCUT2D eigenvalue weighted by atomic mass is 32.1. The molecule has 0 fully saturated rings. The van der Waals surface area contributed by atoms with Gasteiger partial charge in [0.1, 0.15) is 5.82 Å². The average Bonchev–Trinajstić information content (AvgIpc) is 3.26. The first-order valence-corrected chi connectivity index (χ1v) is 9.40. The Morgan fingerprint density at radius 1 is 1.40 bits per heavy atom. The number of nitrogens with zero attached hydrogens (tertiary/aromatic N) is 3. The zero-order chi connectivity index (χ0) is 17.4. The van der Waals surface area contributed by atoms with Gasteiger partial charge in [-0.2, -0.15) is 5.10 Å². The summed E-state index contributed by atoms with van der Waals surface area (Å²) in [5, 5.41) is 9.38. The topological polar surface area (TPSA) is 77.7 Å². The van der Waals surface area contributed by atoms with Crippen molar-refractivity contribution in [3.63, 3.8) is 0 Å². The molecule has 0 saturated carbocycles. The van der Waals surface area contributed by atoms with Crippen LogP contribution in [0.4, 0.5) is 0 Å². The summed E-state index contributed by atoms with van der Waals surface area (Å²) in [5.74, 6) is 1.02. The molecule has 0 saturated heterocycles. The number of fused-ring (bicyclic) bond motifs is 1. The third-order valence-electron chi connectivity index (χ3n) is 4.59. The number of hydrogen-bond donors (Lipinski definition) is 2. The van der Waals surface area contributed by atoms with E-state index in [1.165, 1.54) is 4.88 Å². The van der Waals surface area contributed by atoms with Crippen LogP contribution in [0, 0.1) is 0 Å². The highest BCUT2D eigenvalue weighted by molar-refractivity contribution is 7.13. The van der Waals surface area contributed by atoms with E-state index >= 15 is 0 Å². The molecule has 7 heteroatoms. The second kappa shape index (κ2) is 6.57. The molecule has 1 aliphatic rings. The molecule has 130 valence electrons. The van der Waals surface area contributed by atoms with Crippen LogP contribution in [0.3, 0.4) is 0 Å². The number of rotatable bonds is 4. The van der Waals surface area contributed by atoms with E-state index in [0.29, 0.717) is 6.54 Å². The molecule has 0 aliphatic carbocycles. The molecule has 0 amide bonds. The molecule has 0 aromatic carbocycles. The molecule has 0 radical (unpaired) electrons. The summed E-state index contributed by atoms with van der Waals surface area (Å²) in [6.07, 6.45) is 2.69. The largest absolute Gasteiger partial charge is 0.310 e. The van der Waals surface area contributed by atoms with Gasteiger partial charge in [-0.05, 0) is 11.4 Å². The Bertz CT molecular complexity index is 925. The van der Waals surface area contributed by atoms with Crippen LogP contribution in [0.15, 0.2) is 28.5 Å². The fourth-order valence-electron chi connectivity index (χ4n) is 3.21. The van der Waals surface area contributed by atoms with Gasteiger partial charge in [0.2, 0.25) is 0 Å². The van der Waals surface area contributed by atoms with Crippen LogP contribution in [0.2, 0.25) is 0 Å². The van der Waals surface area contributed by atoms with Gasteiger partial charge in [0.25, 0.3) is 5.56 Å². The molecule has 0 bridgehead atoms. The van der Waals surface area contributed by atoms with Crippen LogP contribution in [0.5, 0.6) is 0 Å². The van der Waals surface area contributed by atoms with E-state index in [2.05, 4.69) is 36.5 Å². The number of aromatic amines is 2. The first-order chi connectivity index (χ1) is 12.1. The Kier molecular flexibility index (Phi) is 4.27. The van der Waals surface area contributed by atoms with Crippen LogP contribution in [-0.2, 0) is 19.5 Å². The number of aromatic nitrogens is 4. The summed E-state index contributed by atoms with van der Waals surface area (Å²) < 4.78 is 0. The zero-order valence-corrected chi connectivity index (χ0v) is 15.2. The van der Waals surface area contributed by atoms with Gasteiger partial charge >= 0.3 is 0 Å². The predicted octanol–water partition coefficient (Wildman–Crippen LogP) is 2.90. The van der Waals surface area contributed by atoms with Crippen molar-refractivity contribution in [1.29, 1.82) is 0 Å². The summed E-state index contributed by atoms with van der Waals surface area (Å²) in [5.41, 5.74) is 3.99. The van der Waals surface area contributed by atoms with Gasteiger partial charge in [-0.15, -0.1) is 11.3 Å². The van der Waals surface area contributed by atoms with Gasteiger partial charge in [0, 0.05) is 37.5 Å². The standard InChI is InChI=1S/C18H21N5OS/c1-11(2)17-20-14-5-6-23(10-13(14)18(24)21-17)9-12-8-19-22-16(12)15-4-3-7-25-15/h3-4,7-8,11H,5-6,9-10H2,1-2H3,(H,19,22)(H,20,21,24). The minimum Gasteiger partial charge on any atom is -0.310 e. The van der Waals surface area contributed by atoms with Gasteiger partial charge in [-0.1, -0.05) is 19.9 Å². The predicted molar refractivity (Wildman–Crippen MR) is 98.7 cm³/mol. The normalized spacial score (nSPS) is 14.8. The van der Waals surface area contributed by atoms with E-state index in [0.717, 1.165) is 47.8 Å². The average molecular weight is 355 g/mol. The highest BCUT2D eigenvalue weighted by Crippen LogP contribution is 2.27. The lowest BCUT2D eigenvalue weighted by atomic mass is 10.0. The second-order valence-electron chi connectivity index (χ2n) is 6.74. The second-order valence-corrected chi connectivity index (χ2v) is 7.69. The Labute approximate surface area is 149 Å². The van der Waals surface area contributed by atoms with Crippen molar-refractivity contribution in [2.45, 2.75) is 39.3 Å². The lowest BCUT2D eigenvalue weighted by Crippen LogP contribution is -2.36.